The highest BCUT2D eigenvalue weighted by molar-refractivity contribution is 6.31. The molecule has 0 N–H and O–H groups in total. The first-order valence-corrected chi connectivity index (χ1v) is 12.5. The highest BCUT2D eigenvalue weighted by Gasteiger charge is 2.34. The Balaban J connectivity index is 1.61. The monoisotopic (exact) mass is 470 g/mol. The van der Waals surface area contributed by atoms with E-state index in [9.17, 15) is 14.0 Å². The summed E-state index contributed by atoms with van der Waals surface area (Å²) in [5.74, 6) is -0.266. The molecule has 0 saturated heterocycles. The summed E-state index contributed by atoms with van der Waals surface area (Å²) in [5.41, 5.74) is 2.10. The van der Waals surface area contributed by atoms with Crippen LogP contribution in [0.15, 0.2) is 42.5 Å². The zero-order valence-corrected chi connectivity index (χ0v) is 19.8. The molecular formula is C27H32ClFN2O2. The molecule has 176 valence electrons. The van der Waals surface area contributed by atoms with E-state index in [4.69, 9.17) is 11.6 Å². The Morgan fingerprint density at radius 1 is 0.909 bits per heavy atom. The summed E-state index contributed by atoms with van der Waals surface area (Å²) in [6.45, 7) is 1.72. The summed E-state index contributed by atoms with van der Waals surface area (Å²) in [7, 11) is 0. The molecule has 4 nitrogen and oxygen atoms in total. The standard InChI is InChI=1S/C27H32ClFN2O2/c28-23-11-9-12-24(29)22(23)18-26(32)30-16-7-3-1-2-4-8-17-31(27(33)20-14-15-20)25-13-6-5-10-21(25)19-30/h5-6,9-13,20H,1-4,7-8,14-19H2. The number of carbonyl (C=O) groups excluding carboxylic acids is 2. The number of hydrogen-bond donors (Lipinski definition) is 0. The molecule has 2 amide bonds. The van der Waals surface area contributed by atoms with Crippen molar-refractivity contribution in [1.29, 1.82) is 0 Å². The maximum Gasteiger partial charge on any atom is 0.230 e. The normalized spacial score (nSPS) is 18.0. The zero-order chi connectivity index (χ0) is 23.2. The number of benzene rings is 2. The van der Waals surface area contributed by atoms with Crippen LogP contribution >= 0.6 is 11.6 Å². The van der Waals surface area contributed by atoms with E-state index in [1.807, 2.05) is 29.2 Å². The Labute approximate surface area is 200 Å². The van der Waals surface area contributed by atoms with Crippen molar-refractivity contribution in [3.05, 3.63) is 64.4 Å². The first-order chi connectivity index (χ1) is 16.0. The summed E-state index contributed by atoms with van der Waals surface area (Å²) in [6, 6.07) is 12.4. The van der Waals surface area contributed by atoms with E-state index in [0.717, 1.165) is 62.6 Å². The number of halogens is 2. The molecule has 1 aliphatic carbocycles. The second kappa shape index (κ2) is 11.1. The van der Waals surface area contributed by atoms with Crippen LogP contribution in [0, 0.1) is 11.7 Å². The zero-order valence-electron chi connectivity index (χ0n) is 19.1. The van der Waals surface area contributed by atoms with Gasteiger partial charge in [-0.2, -0.15) is 0 Å². The van der Waals surface area contributed by atoms with Gasteiger partial charge in [-0.3, -0.25) is 9.59 Å². The van der Waals surface area contributed by atoms with E-state index in [1.165, 1.54) is 6.07 Å². The fourth-order valence-corrected chi connectivity index (χ4v) is 4.78. The molecule has 0 radical (unpaired) electrons. The van der Waals surface area contributed by atoms with E-state index in [2.05, 4.69) is 0 Å². The molecule has 1 heterocycles. The van der Waals surface area contributed by atoms with Crippen molar-refractivity contribution < 1.29 is 14.0 Å². The van der Waals surface area contributed by atoms with Crippen molar-refractivity contribution in [1.82, 2.24) is 4.90 Å². The van der Waals surface area contributed by atoms with Gasteiger partial charge in [0.25, 0.3) is 0 Å². The van der Waals surface area contributed by atoms with Crippen LogP contribution in [0.4, 0.5) is 10.1 Å². The number of para-hydroxylation sites is 1. The van der Waals surface area contributed by atoms with E-state index < -0.39 is 5.82 Å². The third-order valence-electron chi connectivity index (χ3n) is 6.64. The molecule has 6 heteroatoms. The Morgan fingerprint density at radius 3 is 2.33 bits per heavy atom. The minimum Gasteiger partial charge on any atom is -0.338 e. The second-order valence-corrected chi connectivity index (χ2v) is 9.61. The van der Waals surface area contributed by atoms with Gasteiger partial charge in [-0.25, -0.2) is 4.39 Å². The topological polar surface area (TPSA) is 40.6 Å². The first-order valence-electron chi connectivity index (χ1n) is 12.1. The van der Waals surface area contributed by atoms with Gasteiger partial charge in [0.15, 0.2) is 0 Å². The van der Waals surface area contributed by atoms with Crippen LogP contribution in [0.5, 0.6) is 0 Å². The molecule has 1 aliphatic heterocycles. The fraction of sp³-hybridized carbons (Fsp3) is 0.481. The van der Waals surface area contributed by atoms with E-state index >= 15 is 0 Å². The van der Waals surface area contributed by atoms with Crippen molar-refractivity contribution in [3.63, 3.8) is 0 Å². The Hall–Kier alpha value is -2.40. The molecule has 0 aromatic heterocycles. The smallest absolute Gasteiger partial charge is 0.230 e. The van der Waals surface area contributed by atoms with Crippen LogP contribution < -0.4 is 4.90 Å². The van der Waals surface area contributed by atoms with Gasteiger partial charge in [0, 0.05) is 41.8 Å². The highest BCUT2D eigenvalue weighted by Crippen LogP contribution is 2.34. The maximum atomic E-state index is 14.3. The molecule has 2 aliphatic rings. The number of hydrogen-bond acceptors (Lipinski definition) is 2. The fourth-order valence-electron chi connectivity index (χ4n) is 4.55. The van der Waals surface area contributed by atoms with Crippen molar-refractivity contribution in [3.8, 4) is 0 Å². The van der Waals surface area contributed by atoms with Gasteiger partial charge in [0.2, 0.25) is 11.8 Å². The van der Waals surface area contributed by atoms with Gasteiger partial charge in [-0.15, -0.1) is 0 Å². The van der Waals surface area contributed by atoms with Crippen LogP contribution in [0.2, 0.25) is 5.02 Å². The molecule has 2 aromatic carbocycles. The van der Waals surface area contributed by atoms with Crippen molar-refractivity contribution in [2.45, 2.75) is 64.3 Å². The van der Waals surface area contributed by atoms with Gasteiger partial charge in [-0.1, -0.05) is 61.5 Å². The largest absolute Gasteiger partial charge is 0.338 e. The molecule has 33 heavy (non-hydrogen) atoms. The van der Waals surface area contributed by atoms with Crippen LogP contribution in [-0.4, -0.2) is 29.8 Å². The van der Waals surface area contributed by atoms with Crippen LogP contribution in [0.3, 0.4) is 0 Å². The Morgan fingerprint density at radius 2 is 1.61 bits per heavy atom. The van der Waals surface area contributed by atoms with E-state index in [-0.39, 0.29) is 34.7 Å². The van der Waals surface area contributed by atoms with Crippen LogP contribution in [-0.2, 0) is 22.6 Å². The number of rotatable bonds is 3. The third kappa shape index (κ3) is 6.14. The Kier molecular flexibility index (Phi) is 8.02. The minimum absolute atomic E-state index is 0.0710. The lowest BCUT2D eigenvalue weighted by Gasteiger charge is -2.29. The number of fused-ring (bicyclic) bond motifs is 1. The molecule has 1 fully saturated rings. The minimum atomic E-state index is -0.455. The van der Waals surface area contributed by atoms with Crippen molar-refractivity contribution in [2.24, 2.45) is 5.92 Å². The van der Waals surface area contributed by atoms with Crippen molar-refractivity contribution in [2.75, 3.05) is 18.0 Å². The lowest BCUT2D eigenvalue weighted by Crippen LogP contribution is -2.36. The second-order valence-electron chi connectivity index (χ2n) is 9.21. The summed E-state index contributed by atoms with van der Waals surface area (Å²) >= 11 is 6.19. The van der Waals surface area contributed by atoms with Crippen LogP contribution in [0.25, 0.3) is 0 Å². The number of carbonyl (C=O) groups is 2. The lowest BCUT2D eigenvalue weighted by molar-refractivity contribution is -0.131. The Bertz CT molecular complexity index is 972. The van der Waals surface area contributed by atoms with Gasteiger partial charge < -0.3 is 9.80 Å². The highest BCUT2D eigenvalue weighted by atomic mass is 35.5. The van der Waals surface area contributed by atoms with Crippen LogP contribution in [0.1, 0.15) is 62.5 Å². The molecule has 2 aromatic rings. The molecule has 0 unspecified atom stereocenters. The predicted molar refractivity (Wildman–Crippen MR) is 130 cm³/mol. The SMILES string of the molecule is O=C(Cc1c(F)cccc1Cl)N1CCCCCCCCN(C(=O)C2CC2)c2ccccc2C1. The maximum absolute atomic E-state index is 14.3. The first kappa shape index (κ1) is 23.7. The third-order valence-corrected chi connectivity index (χ3v) is 6.99. The molecule has 0 spiro atoms. The molecule has 0 atom stereocenters. The molecule has 0 bridgehead atoms. The van der Waals surface area contributed by atoms with E-state index in [0.29, 0.717) is 19.6 Å². The number of amides is 2. The number of anilines is 1. The van der Waals surface area contributed by atoms with Gasteiger partial charge >= 0.3 is 0 Å². The summed E-state index contributed by atoms with van der Waals surface area (Å²) in [5, 5.41) is 0.274. The average molecular weight is 471 g/mol. The van der Waals surface area contributed by atoms with Gasteiger partial charge in [0.05, 0.1) is 6.42 Å². The average Bonchev–Trinajstić information content (AvgIpc) is 3.65. The van der Waals surface area contributed by atoms with Gasteiger partial charge in [-0.05, 0) is 49.4 Å². The summed E-state index contributed by atoms with van der Waals surface area (Å²) in [4.78, 5) is 30.2. The van der Waals surface area contributed by atoms with E-state index in [1.54, 1.807) is 17.0 Å². The van der Waals surface area contributed by atoms with Crippen molar-refractivity contribution >= 4 is 29.1 Å². The van der Waals surface area contributed by atoms with Gasteiger partial charge in [0.1, 0.15) is 5.82 Å². The predicted octanol–water partition coefficient (Wildman–Crippen LogP) is 6.15. The molecule has 4 rings (SSSR count). The molecular weight excluding hydrogens is 439 g/mol. The summed E-state index contributed by atoms with van der Waals surface area (Å²) in [6.07, 6.45) is 8.15. The quantitative estimate of drug-likeness (QED) is 0.540. The summed E-state index contributed by atoms with van der Waals surface area (Å²) < 4.78 is 14.3. The lowest BCUT2D eigenvalue weighted by atomic mass is 10.1. The molecule has 1 saturated carbocycles. The number of nitrogens with zero attached hydrogens (tertiary/aromatic N) is 2.